The van der Waals surface area contributed by atoms with Gasteiger partial charge >= 0.3 is 6.09 Å². The van der Waals surface area contributed by atoms with Crippen LogP contribution in [-0.4, -0.2) is 56.3 Å². The van der Waals surface area contributed by atoms with Crippen LogP contribution in [0.15, 0.2) is 35.2 Å². The number of carboxylic acid groups (broad SMARTS) is 1. The zero-order chi connectivity index (χ0) is 19.8. The zero-order valence-electron chi connectivity index (χ0n) is 15.7. The van der Waals surface area contributed by atoms with Crippen molar-refractivity contribution < 1.29 is 14.6 Å². The molecule has 146 valence electrons. The number of ether oxygens (including phenoxy) is 1. The molecule has 0 aliphatic carbocycles. The highest BCUT2D eigenvalue weighted by Crippen LogP contribution is 2.30. The van der Waals surface area contributed by atoms with Crippen LogP contribution in [-0.2, 0) is 11.2 Å². The number of morpholine rings is 1. The topological polar surface area (TPSA) is 80.0 Å². The lowest BCUT2D eigenvalue weighted by molar-refractivity contribution is -0.0214. The van der Waals surface area contributed by atoms with Gasteiger partial charge in [-0.2, -0.15) is 0 Å². The highest BCUT2D eigenvalue weighted by Gasteiger charge is 2.27. The van der Waals surface area contributed by atoms with Gasteiger partial charge in [0.2, 0.25) is 0 Å². The molecule has 1 N–H and O–H groups in total. The van der Waals surface area contributed by atoms with Gasteiger partial charge in [0.05, 0.1) is 30.6 Å². The summed E-state index contributed by atoms with van der Waals surface area (Å²) in [6.07, 6.45) is 3.28. The standard InChI is InChI=1S/C20H21BrN4O3/c1-12-3-4-25-16(9-14-11-24(20(26)27)5-6-28-14)19(23-18(25)7-12)15-10-22-17(21)8-13(15)2/h3-4,7-8,10,14H,5-6,9,11H2,1-2H3,(H,26,27). The molecule has 0 saturated carbocycles. The Hall–Kier alpha value is -2.45. The summed E-state index contributed by atoms with van der Waals surface area (Å²) in [4.78, 5) is 22.0. The SMILES string of the molecule is Cc1ccn2c(CC3CN(C(=O)O)CCO3)c(-c3cnc(Br)cc3C)nc2c1. The molecular weight excluding hydrogens is 424 g/mol. The minimum Gasteiger partial charge on any atom is -0.465 e. The van der Waals surface area contributed by atoms with Crippen LogP contribution in [0.4, 0.5) is 4.79 Å². The van der Waals surface area contributed by atoms with Gasteiger partial charge in [-0.3, -0.25) is 0 Å². The number of halogens is 1. The van der Waals surface area contributed by atoms with E-state index in [2.05, 4.69) is 25.3 Å². The molecule has 3 aromatic heterocycles. The number of nitrogens with zero attached hydrogens (tertiary/aromatic N) is 4. The highest BCUT2D eigenvalue weighted by molar-refractivity contribution is 9.10. The molecule has 1 saturated heterocycles. The smallest absolute Gasteiger partial charge is 0.407 e. The van der Waals surface area contributed by atoms with Crippen LogP contribution < -0.4 is 0 Å². The molecule has 1 unspecified atom stereocenters. The van der Waals surface area contributed by atoms with Crippen LogP contribution in [0.2, 0.25) is 0 Å². The third kappa shape index (κ3) is 3.62. The molecule has 1 aliphatic rings. The molecule has 0 bridgehead atoms. The van der Waals surface area contributed by atoms with Crippen LogP contribution in [0.25, 0.3) is 16.9 Å². The van der Waals surface area contributed by atoms with E-state index in [1.807, 2.05) is 44.4 Å². The maximum Gasteiger partial charge on any atom is 0.407 e. The monoisotopic (exact) mass is 444 g/mol. The second kappa shape index (κ2) is 7.52. The van der Waals surface area contributed by atoms with Crippen LogP contribution in [0.1, 0.15) is 16.8 Å². The van der Waals surface area contributed by atoms with Crippen LogP contribution in [0.3, 0.4) is 0 Å². The minimum absolute atomic E-state index is 0.214. The van der Waals surface area contributed by atoms with Crippen molar-refractivity contribution in [2.24, 2.45) is 0 Å². The second-order valence-corrected chi connectivity index (χ2v) is 7.90. The summed E-state index contributed by atoms with van der Waals surface area (Å²) >= 11 is 3.41. The number of hydrogen-bond acceptors (Lipinski definition) is 4. The number of aromatic nitrogens is 3. The number of rotatable bonds is 3. The molecule has 4 heterocycles. The minimum atomic E-state index is -0.907. The van der Waals surface area contributed by atoms with E-state index in [1.165, 1.54) is 4.90 Å². The van der Waals surface area contributed by atoms with Crippen molar-refractivity contribution in [2.75, 3.05) is 19.7 Å². The Balaban J connectivity index is 1.78. The van der Waals surface area contributed by atoms with E-state index >= 15 is 0 Å². The lowest BCUT2D eigenvalue weighted by Gasteiger charge is -2.31. The van der Waals surface area contributed by atoms with Gasteiger partial charge in [-0.05, 0) is 59.1 Å². The average molecular weight is 445 g/mol. The molecule has 1 atom stereocenters. The molecular formula is C20H21BrN4O3. The summed E-state index contributed by atoms with van der Waals surface area (Å²) in [5, 5.41) is 9.32. The first-order chi connectivity index (χ1) is 13.4. The Labute approximate surface area is 171 Å². The van der Waals surface area contributed by atoms with Gasteiger partial charge in [-0.25, -0.2) is 14.8 Å². The van der Waals surface area contributed by atoms with Crippen molar-refractivity contribution in [3.05, 3.63) is 52.0 Å². The molecule has 3 aromatic rings. The lowest BCUT2D eigenvalue weighted by atomic mass is 10.0. The summed E-state index contributed by atoms with van der Waals surface area (Å²) in [7, 11) is 0. The third-order valence-corrected chi connectivity index (χ3v) is 5.48. The molecule has 8 heteroatoms. The Kier molecular flexibility index (Phi) is 5.07. The maximum absolute atomic E-state index is 11.4. The van der Waals surface area contributed by atoms with E-state index in [4.69, 9.17) is 9.72 Å². The Morgan fingerprint density at radius 1 is 1.39 bits per heavy atom. The molecule has 0 spiro atoms. The van der Waals surface area contributed by atoms with Crippen molar-refractivity contribution in [1.82, 2.24) is 19.3 Å². The molecule has 28 heavy (non-hydrogen) atoms. The Bertz CT molecular complexity index is 1050. The number of carbonyl (C=O) groups is 1. The van der Waals surface area contributed by atoms with E-state index < -0.39 is 6.09 Å². The number of aryl methyl sites for hydroxylation is 2. The predicted octanol–water partition coefficient (Wildman–Crippen LogP) is 3.70. The van der Waals surface area contributed by atoms with Gasteiger partial charge in [0.15, 0.2) is 0 Å². The normalized spacial score (nSPS) is 17.2. The van der Waals surface area contributed by atoms with E-state index in [1.54, 1.807) is 0 Å². The first kappa shape index (κ1) is 18.9. The summed E-state index contributed by atoms with van der Waals surface area (Å²) in [5.74, 6) is 0. The van der Waals surface area contributed by atoms with Gasteiger partial charge in [0.1, 0.15) is 10.3 Å². The Morgan fingerprint density at radius 3 is 2.96 bits per heavy atom. The van der Waals surface area contributed by atoms with E-state index in [0.29, 0.717) is 26.1 Å². The summed E-state index contributed by atoms with van der Waals surface area (Å²) in [6.45, 7) is 5.23. The lowest BCUT2D eigenvalue weighted by Crippen LogP contribution is -2.45. The van der Waals surface area contributed by atoms with Crippen molar-refractivity contribution in [3.63, 3.8) is 0 Å². The van der Waals surface area contributed by atoms with E-state index in [-0.39, 0.29) is 6.10 Å². The second-order valence-electron chi connectivity index (χ2n) is 7.09. The molecule has 1 amide bonds. The quantitative estimate of drug-likeness (QED) is 0.622. The summed E-state index contributed by atoms with van der Waals surface area (Å²) < 4.78 is 8.72. The van der Waals surface area contributed by atoms with Crippen molar-refractivity contribution >= 4 is 27.7 Å². The average Bonchev–Trinajstić information content (AvgIpc) is 2.99. The largest absolute Gasteiger partial charge is 0.465 e. The van der Waals surface area contributed by atoms with Crippen LogP contribution in [0.5, 0.6) is 0 Å². The van der Waals surface area contributed by atoms with Gasteiger partial charge in [0.25, 0.3) is 0 Å². The summed E-state index contributed by atoms with van der Waals surface area (Å²) in [6, 6.07) is 6.05. The van der Waals surface area contributed by atoms with Crippen molar-refractivity contribution in [2.45, 2.75) is 26.4 Å². The fraction of sp³-hybridized carbons (Fsp3) is 0.350. The van der Waals surface area contributed by atoms with Gasteiger partial charge in [0, 0.05) is 30.9 Å². The van der Waals surface area contributed by atoms with Gasteiger partial charge in [-0.1, -0.05) is 0 Å². The van der Waals surface area contributed by atoms with Crippen LogP contribution in [0, 0.1) is 13.8 Å². The fourth-order valence-electron chi connectivity index (χ4n) is 3.61. The molecule has 0 aromatic carbocycles. The number of hydrogen-bond donors (Lipinski definition) is 1. The molecule has 1 fully saturated rings. The van der Waals surface area contributed by atoms with Crippen molar-refractivity contribution in [1.29, 1.82) is 0 Å². The van der Waals surface area contributed by atoms with Crippen molar-refractivity contribution in [3.8, 4) is 11.3 Å². The number of imidazole rings is 1. The number of fused-ring (bicyclic) bond motifs is 1. The summed E-state index contributed by atoms with van der Waals surface area (Å²) in [5.41, 5.74) is 5.88. The van der Waals surface area contributed by atoms with Gasteiger partial charge < -0.3 is 19.1 Å². The molecule has 4 rings (SSSR count). The van der Waals surface area contributed by atoms with E-state index in [9.17, 15) is 9.90 Å². The highest BCUT2D eigenvalue weighted by atomic mass is 79.9. The third-order valence-electron chi connectivity index (χ3n) is 5.04. The molecule has 7 nitrogen and oxygen atoms in total. The Morgan fingerprint density at radius 2 is 2.21 bits per heavy atom. The van der Waals surface area contributed by atoms with E-state index in [0.717, 1.165) is 38.3 Å². The zero-order valence-corrected chi connectivity index (χ0v) is 17.3. The number of amides is 1. The molecule has 1 aliphatic heterocycles. The van der Waals surface area contributed by atoms with Gasteiger partial charge in [-0.15, -0.1) is 0 Å². The predicted molar refractivity (Wildman–Crippen MR) is 109 cm³/mol. The first-order valence-corrected chi connectivity index (χ1v) is 9.91. The fourth-order valence-corrected chi connectivity index (χ4v) is 4.06. The molecule has 0 radical (unpaired) electrons. The number of pyridine rings is 2. The van der Waals surface area contributed by atoms with Crippen LogP contribution >= 0.6 is 15.9 Å². The first-order valence-electron chi connectivity index (χ1n) is 9.12. The maximum atomic E-state index is 11.4.